The number of aromatic nitrogens is 1. The first kappa shape index (κ1) is 22.5. The number of hydrogen-bond acceptors (Lipinski definition) is 4. The fraction of sp³-hybridized carbons (Fsp3) is 0.238. The van der Waals surface area contributed by atoms with Crippen LogP contribution >= 0.6 is 11.3 Å². The van der Waals surface area contributed by atoms with Crippen molar-refractivity contribution < 1.29 is 27.1 Å². The van der Waals surface area contributed by atoms with Crippen LogP contribution in [0, 0.1) is 5.82 Å². The van der Waals surface area contributed by atoms with E-state index in [4.69, 9.17) is 10.5 Å². The largest absolute Gasteiger partial charge is 0.493 e. The zero-order valence-corrected chi connectivity index (χ0v) is 17.3. The first-order valence-corrected chi connectivity index (χ1v) is 10.2. The highest BCUT2D eigenvalue weighted by molar-refractivity contribution is 7.14. The van der Waals surface area contributed by atoms with E-state index in [1.54, 1.807) is 5.38 Å². The van der Waals surface area contributed by atoms with Crippen LogP contribution in [0.3, 0.4) is 0 Å². The lowest BCUT2D eigenvalue weighted by molar-refractivity contribution is -0.138. The standard InChI is InChI=1S/C21H19F4N3O2S/c1-2-3-10-30-18-9-8-15(11-16(18)21(23,24)25)28(19(26)29)20-27-17(12-31-20)13-4-6-14(22)7-5-13/h4-9,11-12H,2-3,10H2,1H3,(H2,26,29). The average molecular weight is 453 g/mol. The number of rotatable bonds is 7. The highest BCUT2D eigenvalue weighted by Gasteiger charge is 2.36. The van der Waals surface area contributed by atoms with Crippen LogP contribution in [0.25, 0.3) is 11.3 Å². The molecule has 0 spiro atoms. The summed E-state index contributed by atoms with van der Waals surface area (Å²) in [4.78, 5) is 17.3. The van der Waals surface area contributed by atoms with Crippen molar-refractivity contribution in [3.63, 3.8) is 0 Å². The number of nitrogens with zero attached hydrogens (tertiary/aromatic N) is 2. The van der Waals surface area contributed by atoms with Crippen molar-refractivity contribution in [2.75, 3.05) is 11.5 Å². The number of halogens is 4. The fourth-order valence-electron chi connectivity index (χ4n) is 2.78. The molecule has 0 atom stereocenters. The third-order valence-corrected chi connectivity index (χ3v) is 5.15. The molecule has 2 aromatic carbocycles. The average Bonchev–Trinajstić information content (AvgIpc) is 3.18. The first-order valence-electron chi connectivity index (χ1n) is 9.35. The van der Waals surface area contributed by atoms with E-state index >= 15 is 0 Å². The molecule has 0 bridgehead atoms. The molecule has 0 saturated heterocycles. The van der Waals surface area contributed by atoms with E-state index < -0.39 is 23.6 Å². The van der Waals surface area contributed by atoms with E-state index in [0.717, 1.165) is 34.8 Å². The molecule has 0 aliphatic heterocycles. The number of ether oxygens (including phenoxy) is 1. The number of anilines is 2. The number of benzene rings is 2. The van der Waals surface area contributed by atoms with Gasteiger partial charge >= 0.3 is 12.2 Å². The Bertz CT molecular complexity index is 1050. The molecule has 5 nitrogen and oxygen atoms in total. The molecule has 3 aromatic rings. The van der Waals surface area contributed by atoms with Gasteiger partial charge in [0.2, 0.25) is 0 Å². The summed E-state index contributed by atoms with van der Waals surface area (Å²) < 4.78 is 59.2. The minimum Gasteiger partial charge on any atom is -0.493 e. The third-order valence-electron chi connectivity index (χ3n) is 4.33. The minimum atomic E-state index is -4.69. The molecule has 0 radical (unpaired) electrons. The smallest absolute Gasteiger partial charge is 0.420 e. The third kappa shape index (κ3) is 5.32. The molecular weight excluding hydrogens is 434 g/mol. The molecule has 31 heavy (non-hydrogen) atoms. The van der Waals surface area contributed by atoms with Gasteiger partial charge in [0.05, 0.1) is 23.6 Å². The van der Waals surface area contributed by atoms with E-state index in [2.05, 4.69) is 4.98 Å². The second kappa shape index (κ2) is 9.34. The molecule has 1 aromatic heterocycles. The summed E-state index contributed by atoms with van der Waals surface area (Å²) in [6.07, 6.45) is -3.31. The summed E-state index contributed by atoms with van der Waals surface area (Å²) in [6.45, 7) is 2.04. The maximum Gasteiger partial charge on any atom is 0.420 e. The van der Waals surface area contributed by atoms with E-state index in [1.807, 2.05) is 6.92 Å². The molecule has 3 rings (SSSR count). The summed E-state index contributed by atoms with van der Waals surface area (Å²) in [5.74, 6) is -0.737. The number of unbranched alkanes of at least 4 members (excludes halogenated alkanes) is 1. The molecule has 0 aliphatic carbocycles. The van der Waals surface area contributed by atoms with Crippen LogP contribution in [0.2, 0.25) is 0 Å². The van der Waals surface area contributed by atoms with Crippen LogP contribution in [0.1, 0.15) is 25.3 Å². The SMILES string of the molecule is CCCCOc1ccc(N(C(N)=O)c2nc(-c3ccc(F)cc3)cs2)cc1C(F)(F)F. The quantitative estimate of drug-likeness (QED) is 0.334. The summed E-state index contributed by atoms with van der Waals surface area (Å²) in [7, 11) is 0. The topological polar surface area (TPSA) is 68.5 Å². The number of carbonyl (C=O) groups excluding carboxylic acids is 1. The molecule has 0 aliphatic rings. The van der Waals surface area contributed by atoms with Crippen LogP contribution in [0.15, 0.2) is 47.8 Å². The molecule has 2 N–H and O–H groups in total. The molecule has 2 amide bonds. The van der Waals surface area contributed by atoms with Gasteiger partial charge in [-0.15, -0.1) is 11.3 Å². The zero-order chi connectivity index (χ0) is 22.6. The molecule has 0 fully saturated rings. The second-order valence-electron chi connectivity index (χ2n) is 6.58. The first-order chi connectivity index (χ1) is 14.7. The van der Waals surface area contributed by atoms with Gasteiger partial charge in [0.1, 0.15) is 11.6 Å². The Morgan fingerprint density at radius 2 is 1.90 bits per heavy atom. The summed E-state index contributed by atoms with van der Waals surface area (Å²) in [6, 6.07) is 7.83. The van der Waals surface area contributed by atoms with Gasteiger partial charge < -0.3 is 10.5 Å². The highest BCUT2D eigenvalue weighted by Crippen LogP contribution is 2.40. The van der Waals surface area contributed by atoms with Crippen LogP contribution < -0.4 is 15.4 Å². The Balaban J connectivity index is 1.98. The normalized spacial score (nSPS) is 11.4. The van der Waals surface area contributed by atoms with Gasteiger partial charge in [-0.1, -0.05) is 13.3 Å². The number of alkyl halides is 3. The number of carbonyl (C=O) groups is 1. The number of urea groups is 1. The lowest BCUT2D eigenvalue weighted by Gasteiger charge is -2.21. The van der Waals surface area contributed by atoms with Crippen molar-refractivity contribution in [3.8, 4) is 17.0 Å². The number of nitrogens with two attached hydrogens (primary N) is 1. The predicted molar refractivity (Wildman–Crippen MR) is 111 cm³/mol. The predicted octanol–water partition coefficient (Wildman–Crippen LogP) is 6.36. The minimum absolute atomic E-state index is 0.0830. The number of primary amides is 1. The van der Waals surface area contributed by atoms with Gasteiger partial charge in [-0.2, -0.15) is 13.2 Å². The molecule has 164 valence electrons. The van der Waals surface area contributed by atoms with Crippen LogP contribution in [-0.4, -0.2) is 17.6 Å². The molecule has 1 heterocycles. The van der Waals surface area contributed by atoms with Gasteiger partial charge in [-0.3, -0.25) is 0 Å². The van der Waals surface area contributed by atoms with Crippen LogP contribution in [0.5, 0.6) is 5.75 Å². The Morgan fingerprint density at radius 1 is 1.19 bits per heavy atom. The van der Waals surface area contributed by atoms with Gasteiger partial charge in [-0.05, 0) is 48.9 Å². The van der Waals surface area contributed by atoms with Crippen molar-refractivity contribution in [2.45, 2.75) is 25.9 Å². The number of amides is 2. The maximum atomic E-state index is 13.6. The van der Waals surface area contributed by atoms with Gasteiger partial charge in [-0.25, -0.2) is 19.1 Å². The Hall–Kier alpha value is -3.14. The van der Waals surface area contributed by atoms with Gasteiger partial charge in [0.25, 0.3) is 0 Å². The summed E-state index contributed by atoms with van der Waals surface area (Å²) >= 11 is 1.02. The lowest BCUT2D eigenvalue weighted by Crippen LogP contribution is -2.31. The molecule has 0 saturated carbocycles. The molecule has 0 unspecified atom stereocenters. The van der Waals surface area contributed by atoms with E-state index in [0.29, 0.717) is 17.7 Å². The van der Waals surface area contributed by atoms with E-state index in [9.17, 15) is 22.4 Å². The van der Waals surface area contributed by atoms with Crippen LogP contribution in [-0.2, 0) is 6.18 Å². The van der Waals surface area contributed by atoms with Crippen molar-refractivity contribution in [2.24, 2.45) is 5.73 Å². The second-order valence-corrected chi connectivity index (χ2v) is 7.41. The summed E-state index contributed by atoms with van der Waals surface area (Å²) in [5, 5.41) is 1.69. The lowest BCUT2D eigenvalue weighted by atomic mass is 10.1. The van der Waals surface area contributed by atoms with Gasteiger partial charge in [0.15, 0.2) is 5.13 Å². The van der Waals surface area contributed by atoms with E-state index in [1.165, 1.54) is 30.3 Å². The van der Waals surface area contributed by atoms with Crippen molar-refractivity contribution in [1.82, 2.24) is 4.98 Å². The summed E-state index contributed by atoms with van der Waals surface area (Å²) in [5.41, 5.74) is 5.37. The zero-order valence-electron chi connectivity index (χ0n) is 16.4. The fourth-order valence-corrected chi connectivity index (χ4v) is 3.64. The Labute approximate surface area is 180 Å². The van der Waals surface area contributed by atoms with Crippen molar-refractivity contribution in [1.29, 1.82) is 0 Å². The van der Waals surface area contributed by atoms with Crippen LogP contribution in [0.4, 0.5) is 33.2 Å². The van der Waals surface area contributed by atoms with E-state index in [-0.39, 0.29) is 23.2 Å². The molecular formula is C21H19F4N3O2S. The maximum absolute atomic E-state index is 13.6. The monoisotopic (exact) mass is 453 g/mol. The Kier molecular flexibility index (Phi) is 6.79. The van der Waals surface area contributed by atoms with Gasteiger partial charge in [0, 0.05) is 10.9 Å². The number of hydrogen-bond donors (Lipinski definition) is 1. The molecule has 10 heteroatoms. The van der Waals surface area contributed by atoms with Crippen molar-refractivity contribution in [3.05, 3.63) is 59.2 Å². The highest BCUT2D eigenvalue weighted by atomic mass is 32.1. The Morgan fingerprint density at radius 3 is 2.52 bits per heavy atom. The van der Waals surface area contributed by atoms with Crippen molar-refractivity contribution >= 4 is 28.2 Å². The number of thiazole rings is 1.